The molecule has 1 saturated heterocycles. The molecule has 0 saturated carbocycles. The molecule has 7 rings (SSSR count). The number of rotatable bonds is 6. The Hall–Kier alpha value is -4.86. The number of imidazole rings is 1. The van der Waals surface area contributed by atoms with Gasteiger partial charge < -0.3 is 10.6 Å². The zero-order valence-corrected chi connectivity index (χ0v) is 23.6. The Labute approximate surface area is 248 Å². The highest BCUT2D eigenvalue weighted by Crippen LogP contribution is 2.32. The summed E-state index contributed by atoms with van der Waals surface area (Å²) in [6.45, 7) is 4.58. The normalized spacial score (nSPS) is 14.0. The Morgan fingerprint density at radius 2 is 1.55 bits per heavy atom. The number of hydrogen-bond donors (Lipinski definition) is 1. The third kappa shape index (κ3) is 5.15. The molecule has 2 aromatic carbocycles. The van der Waals surface area contributed by atoms with Gasteiger partial charge in [-0.3, -0.25) is 9.47 Å². The second kappa shape index (κ2) is 11.2. The van der Waals surface area contributed by atoms with Crippen LogP contribution in [0.5, 0.6) is 0 Å². The van der Waals surface area contributed by atoms with Crippen molar-refractivity contribution < 1.29 is 0 Å². The molecule has 1 fully saturated rings. The van der Waals surface area contributed by atoms with Crippen LogP contribution >= 0.6 is 11.6 Å². The first-order valence-electron chi connectivity index (χ1n) is 13.8. The molecule has 1 aliphatic rings. The van der Waals surface area contributed by atoms with Crippen molar-refractivity contribution in [3.8, 4) is 28.3 Å². The molecule has 0 spiro atoms. The molecule has 2 N–H and O–H groups in total. The summed E-state index contributed by atoms with van der Waals surface area (Å²) in [7, 11) is 0. The lowest BCUT2D eigenvalue weighted by molar-refractivity contribution is 0.248. The average Bonchev–Trinajstić information content (AvgIpc) is 3.41. The summed E-state index contributed by atoms with van der Waals surface area (Å²) in [5.41, 5.74) is 12.5. The summed E-state index contributed by atoms with van der Waals surface area (Å²) in [5.74, 6) is 1.91. The van der Waals surface area contributed by atoms with Crippen LogP contribution in [0.15, 0.2) is 97.5 Å². The van der Waals surface area contributed by atoms with Crippen molar-refractivity contribution in [2.24, 2.45) is 0 Å². The molecule has 9 nitrogen and oxygen atoms in total. The second-order valence-corrected chi connectivity index (χ2v) is 10.7. The zero-order valence-electron chi connectivity index (χ0n) is 22.8. The smallest absolute Gasteiger partial charge is 0.225 e. The Balaban J connectivity index is 1.20. The van der Waals surface area contributed by atoms with Gasteiger partial charge in [0.05, 0.1) is 11.3 Å². The predicted molar refractivity (Wildman–Crippen MR) is 166 cm³/mol. The van der Waals surface area contributed by atoms with Crippen molar-refractivity contribution in [2.75, 3.05) is 36.8 Å². The van der Waals surface area contributed by atoms with E-state index in [4.69, 9.17) is 27.3 Å². The van der Waals surface area contributed by atoms with Crippen molar-refractivity contribution in [3.05, 3.63) is 108 Å². The lowest BCUT2D eigenvalue weighted by Crippen LogP contribution is -2.46. The van der Waals surface area contributed by atoms with Gasteiger partial charge in [-0.2, -0.15) is 0 Å². The molecule has 6 aromatic rings. The van der Waals surface area contributed by atoms with E-state index in [2.05, 4.69) is 53.6 Å². The van der Waals surface area contributed by atoms with E-state index < -0.39 is 0 Å². The molecule has 0 aliphatic carbocycles. The van der Waals surface area contributed by atoms with Crippen molar-refractivity contribution in [3.63, 3.8) is 0 Å². The Kier molecular flexibility index (Phi) is 6.95. The van der Waals surface area contributed by atoms with Crippen LogP contribution in [0.4, 0.5) is 11.8 Å². The quantitative estimate of drug-likeness (QED) is 0.279. The number of piperazine rings is 1. The minimum absolute atomic E-state index is 0.417. The number of aromatic nitrogens is 6. The number of benzene rings is 2. The van der Waals surface area contributed by atoms with E-state index in [1.807, 2.05) is 54.6 Å². The highest BCUT2D eigenvalue weighted by molar-refractivity contribution is 6.30. The number of hydrogen-bond acceptors (Lipinski definition) is 8. The minimum Gasteiger partial charge on any atom is -0.383 e. The summed E-state index contributed by atoms with van der Waals surface area (Å²) in [4.78, 5) is 27.8. The Bertz CT molecular complexity index is 1850. The van der Waals surface area contributed by atoms with Crippen LogP contribution in [0, 0.1) is 0 Å². The van der Waals surface area contributed by atoms with Gasteiger partial charge in [-0.15, -0.1) is 0 Å². The first kappa shape index (κ1) is 26.1. The highest BCUT2D eigenvalue weighted by Gasteiger charge is 2.21. The van der Waals surface area contributed by atoms with E-state index >= 15 is 0 Å². The van der Waals surface area contributed by atoms with Crippen molar-refractivity contribution in [1.29, 1.82) is 0 Å². The van der Waals surface area contributed by atoms with E-state index in [0.717, 1.165) is 72.3 Å². The van der Waals surface area contributed by atoms with Crippen LogP contribution < -0.4 is 10.6 Å². The van der Waals surface area contributed by atoms with E-state index in [0.29, 0.717) is 16.7 Å². The standard InChI is InChI=1S/C32H28ClN9/c33-24-5-1-4-23(20-24)27-11-12-28-31(38-27)42(30(39-28)26-6-2-13-35-29(26)34)25-9-7-22(8-10-25)21-40-16-18-41(19-17-40)32-36-14-3-15-37-32/h1-15,20H,16-19,21H2,(H2,34,35). The largest absolute Gasteiger partial charge is 0.383 e. The summed E-state index contributed by atoms with van der Waals surface area (Å²) in [5, 5.41) is 0.664. The van der Waals surface area contributed by atoms with Gasteiger partial charge in [0.2, 0.25) is 5.95 Å². The SMILES string of the molecule is Nc1ncccc1-c1nc2ccc(-c3cccc(Cl)c3)nc2n1-c1ccc(CN2CCN(c3ncccn3)CC2)cc1. The van der Waals surface area contributed by atoms with Crippen LogP contribution in [0.1, 0.15) is 5.56 Å². The average molecular weight is 574 g/mol. The fourth-order valence-electron chi connectivity index (χ4n) is 5.37. The number of pyridine rings is 2. The van der Waals surface area contributed by atoms with E-state index in [-0.39, 0.29) is 0 Å². The predicted octanol–water partition coefficient (Wildman–Crippen LogP) is 5.50. The maximum Gasteiger partial charge on any atom is 0.225 e. The lowest BCUT2D eigenvalue weighted by Gasteiger charge is -2.34. The maximum absolute atomic E-state index is 6.32. The van der Waals surface area contributed by atoms with Crippen LogP contribution in [-0.2, 0) is 6.54 Å². The van der Waals surface area contributed by atoms with Crippen LogP contribution in [0.3, 0.4) is 0 Å². The fourth-order valence-corrected chi connectivity index (χ4v) is 5.56. The molecule has 1 aliphatic heterocycles. The third-order valence-electron chi connectivity index (χ3n) is 7.51. The van der Waals surface area contributed by atoms with Crippen molar-refractivity contribution in [2.45, 2.75) is 6.54 Å². The van der Waals surface area contributed by atoms with Gasteiger partial charge in [0.1, 0.15) is 11.3 Å². The van der Waals surface area contributed by atoms with Crippen molar-refractivity contribution in [1.82, 2.24) is 34.4 Å². The molecule has 4 aromatic heterocycles. The number of fused-ring (bicyclic) bond motifs is 1. The molecule has 208 valence electrons. The number of halogens is 1. The molecule has 10 heteroatoms. The van der Waals surface area contributed by atoms with Gasteiger partial charge in [0.15, 0.2) is 11.5 Å². The first-order chi connectivity index (χ1) is 20.6. The number of nitrogens with zero attached hydrogens (tertiary/aromatic N) is 8. The van der Waals surface area contributed by atoms with Gasteiger partial charge in [-0.1, -0.05) is 35.9 Å². The molecular weight excluding hydrogens is 546 g/mol. The molecule has 0 amide bonds. The Morgan fingerprint density at radius 1 is 0.762 bits per heavy atom. The van der Waals surface area contributed by atoms with Crippen LogP contribution in [0.2, 0.25) is 5.02 Å². The second-order valence-electron chi connectivity index (χ2n) is 10.2. The molecule has 0 unspecified atom stereocenters. The monoisotopic (exact) mass is 573 g/mol. The lowest BCUT2D eigenvalue weighted by atomic mass is 10.1. The third-order valence-corrected chi connectivity index (χ3v) is 7.75. The number of nitrogen functional groups attached to an aromatic ring is 1. The van der Waals surface area contributed by atoms with Gasteiger partial charge in [0.25, 0.3) is 0 Å². The van der Waals surface area contributed by atoms with Crippen molar-refractivity contribution >= 4 is 34.5 Å². The summed E-state index contributed by atoms with van der Waals surface area (Å²) < 4.78 is 2.05. The molecule has 0 atom stereocenters. The summed E-state index contributed by atoms with van der Waals surface area (Å²) in [6.07, 6.45) is 5.27. The molecule has 0 bridgehead atoms. The minimum atomic E-state index is 0.417. The first-order valence-corrected chi connectivity index (χ1v) is 14.2. The molecular formula is C32H28ClN9. The molecule has 5 heterocycles. The van der Waals surface area contributed by atoms with Gasteiger partial charge in [-0.25, -0.2) is 24.9 Å². The summed E-state index contributed by atoms with van der Waals surface area (Å²) in [6, 6.07) is 25.9. The van der Waals surface area contributed by atoms with Crippen LogP contribution in [0.25, 0.3) is 39.5 Å². The number of anilines is 2. The van der Waals surface area contributed by atoms with Gasteiger partial charge in [0, 0.05) is 67.6 Å². The molecule has 0 radical (unpaired) electrons. The highest BCUT2D eigenvalue weighted by atomic mass is 35.5. The van der Waals surface area contributed by atoms with Gasteiger partial charge >= 0.3 is 0 Å². The fraction of sp³-hybridized carbons (Fsp3) is 0.156. The molecule has 42 heavy (non-hydrogen) atoms. The zero-order chi connectivity index (χ0) is 28.5. The van der Waals surface area contributed by atoms with Crippen LogP contribution in [-0.4, -0.2) is 60.6 Å². The van der Waals surface area contributed by atoms with E-state index in [1.165, 1.54) is 5.56 Å². The van der Waals surface area contributed by atoms with Gasteiger partial charge in [-0.05, 0) is 60.2 Å². The topological polar surface area (TPSA) is 102 Å². The summed E-state index contributed by atoms with van der Waals surface area (Å²) >= 11 is 6.28. The Morgan fingerprint density at radius 3 is 2.31 bits per heavy atom. The maximum atomic E-state index is 6.32. The van der Waals surface area contributed by atoms with E-state index in [1.54, 1.807) is 18.6 Å². The van der Waals surface area contributed by atoms with E-state index in [9.17, 15) is 0 Å². The number of nitrogens with two attached hydrogens (primary N) is 1.